The number of thiocarbonyl (C=S) groups is 1. The van der Waals surface area contributed by atoms with E-state index in [1.54, 1.807) is 11.8 Å². The lowest BCUT2D eigenvalue weighted by Crippen LogP contribution is -2.06. The molecular weight excluding hydrogens is 344 g/mol. The molecule has 0 saturated heterocycles. The third kappa shape index (κ3) is 7.68. The molecule has 0 aliphatic heterocycles. The summed E-state index contributed by atoms with van der Waals surface area (Å²) in [7, 11) is 0. The molecule has 0 amide bonds. The highest BCUT2D eigenvalue weighted by atomic mass is 32.2. The van der Waals surface area contributed by atoms with E-state index in [4.69, 9.17) is 17.0 Å². The summed E-state index contributed by atoms with van der Waals surface area (Å²) in [6.45, 7) is 0.331. The average Bonchev–Trinajstić information content (AvgIpc) is 2.60. The van der Waals surface area contributed by atoms with Gasteiger partial charge >= 0.3 is 5.97 Å². The molecule has 0 aliphatic carbocycles. The van der Waals surface area contributed by atoms with Gasteiger partial charge in [-0.3, -0.25) is 4.79 Å². The van der Waals surface area contributed by atoms with Gasteiger partial charge in [0.05, 0.1) is 6.42 Å². The van der Waals surface area contributed by atoms with E-state index in [-0.39, 0.29) is 5.97 Å². The summed E-state index contributed by atoms with van der Waals surface area (Å²) in [6, 6.07) is 19.9. The van der Waals surface area contributed by atoms with Crippen LogP contribution in [0.1, 0.15) is 17.5 Å². The molecule has 0 N–H and O–H groups in total. The summed E-state index contributed by atoms with van der Waals surface area (Å²) in [5.41, 5.74) is 2.25. The highest BCUT2D eigenvalue weighted by molar-refractivity contribution is 8.46. The van der Waals surface area contributed by atoms with Gasteiger partial charge < -0.3 is 4.74 Å². The maximum atomic E-state index is 11.7. The molecule has 120 valence electrons. The summed E-state index contributed by atoms with van der Waals surface area (Å²) in [6.07, 6.45) is 0.379. The molecule has 23 heavy (non-hydrogen) atoms. The monoisotopic (exact) mass is 362 g/mol. The van der Waals surface area contributed by atoms with Crippen LogP contribution in [0.15, 0.2) is 60.7 Å². The highest BCUT2D eigenvalue weighted by Crippen LogP contribution is 2.22. The molecule has 0 unspecified atom stereocenters. The van der Waals surface area contributed by atoms with E-state index in [9.17, 15) is 4.79 Å². The van der Waals surface area contributed by atoms with Crippen LogP contribution in [0.5, 0.6) is 0 Å². The first-order valence-corrected chi connectivity index (χ1v) is 9.65. The fourth-order valence-electron chi connectivity index (χ4n) is 1.79. The first kappa shape index (κ1) is 18.0. The minimum Gasteiger partial charge on any atom is -0.461 e. The molecule has 5 heteroatoms. The minimum atomic E-state index is -0.183. The smallest absolute Gasteiger partial charge is 0.306 e. The molecule has 2 aromatic carbocycles. The Bertz CT molecular complexity index is 559. The predicted octanol–water partition coefficient (Wildman–Crippen LogP) is 5.07. The summed E-state index contributed by atoms with van der Waals surface area (Å²) < 4.78 is 6.10. The maximum absolute atomic E-state index is 11.7. The van der Waals surface area contributed by atoms with Crippen molar-refractivity contribution in [2.24, 2.45) is 0 Å². The Hall–Kier alpha value is -1.30. The minimum absolute atomic E-state index is 0.183. The van der Waals surface area contributed by atoms with Gasteiger partial charge in [0.1, 0.15) is 10.1 Å². The Kier molecular flexibility index (Phi) is 8.21. The number of rotatable bonds is 7. The van der Waals surface area contributed by atoms with Crippen molar-refractivity contribution in [3.8, 4) is 0 Å². The molecule has 0 heterocycles. The summed E-state index contributed by atoms with van der Waals surface area (Å²) in [5.74, 6) is 1.34. The van der Waals surface area contributed by atoms with Gasteiger partial charge in [-0.15, -0.1) is 23.5 Å². The van der Waals surface area contributed by atoms with E-state index in [1.165, 1.54) is 17.3 Å². The largest absolute Gasteiger partial charge is 0.461 e. The fraction of sp³-hybridized carbons (Fsp3) is 0.222. The molecule has 0 saturated carbocycles. The van der Waals surface area contributed by atoms with Gasteiger partial charge in [-0.1, -0.05) is 72.9 Å². The lowest BCUT2D eigenvalue weighted by atomic mass is 10.2. The SMILES string of the molecule is O=C(CCSC(=S)SCc1ccccc1)OCc1ccccc1. The van der Waals surface area contributed by atoms with Crippen LogP contribution in [0.4, 0.5) is 0 Å². The number of hydrogen-bond acceptors (Lipinski definition) is 5. The van der Waals surface area contributed by atoms with Crippen LogP contribution < -0.4 is 0 Å². The van der Waals surface area contributed by atoms with E-state index < -0.39 is 0 Å². The topological polar surface area (TPSA) is 26.3 Å². The normalized spacial score (nSPS) is 10.3. The van der Waals surface area contributed by atoms with Crippen molar-refractivity contribution >= 4 is 45.2 Å². The quantitative estimate of drug-likeness (QED) is 0.506. The van der Waals surface area contributed by atoms with Gasteiger partial charge in [0, 0.05) is 11.5 Å². The zero-order valence-corrected chi connectivity index (χ0v) is 15.1. The summed E-state index contributed by atoms with van der Waals surface area (Å²) >= 11 is 8.49. The van der Waals surface area contributed by atoms with Crippen LogP contribution in [0.25, 0.3) is 0 Å². The second kappa shape index (κ2) is 10.5. The number of carbonyl (C=O) groups excluding carboxylic acids is 1. The average molecular weight is 363 g/mol. The molecule has 0 bridgehead atoms. The lowest BCUT2D eigenvalue weighted by molar-refractivity contribution is -0.144. The third-order valence-electron chi connectivity index (χ3n) is 2.97. The fourth-order valence-corrected chi connectivity index (χ4v) is 3.89. The van der Waals surface area contributed by atoms with Crippen molar-refractivity contribution in [2.45, 2.75) is 18.8 Å². The Morgan fingerprint density at radius 1 is 0.913 bits per heavy atom. The van der Waals surface area contributed by atoms with Crippen molar-refractivity contribution in [3.05, 3.63) is 71.8 Å². The van der Waals surface area contributed by atoms with E-state index in [1.807, 2.05) is 48.5 Å². The van der Waals surface area contributed by atoms with Crippen LogP contribution in [0, 0.1) is 0 Å². The Morgan fingerprint density at radius 3 is 2.17 bits per heavy atom. The zero-order valence-electron chi connectivity index (χ0n) is 12.6. The van der Waals surface area contributed by atoms with Gasteiger partial charge in [0.25, 0.3) is 0 Å². The molecule has 0 atom stereocenters. The zero-order chi connectivity index (χ0) is 16.3. The standard InChI is InChI=1S/C18H18O2S3/c19-17(20-13-15-7-3-1-4-8-15)11-12-22-18(21)23-14-16-9-5-2-6-10-16/h1-10H,11-14H2. The van der Waals surface area contributed by atoms with Crippen LogP contribution in [0.2, 0.25) is 0 Å². The van der Waals surface area contributed by atoms with Crippen LogP contribution in [-0.2, 0) is 21.9 Å². The number of esters is 1. The Morgan fingerprint density at radius 2 is 1.52 bits per heavy atom. The first-order valence-electron chi connectivity index (χ1n) is 7.27. The number of carbonyl (C=O) groups is 1. The molecule has 0 aliphatic rings. The first-order chi connectivity index (χ1) is 11.2. The summed E-state index contributed by atoms with van der Waals surface area (Å²) in [5, 5.41) is 0. The predicted molar refractivity (Wildman–Crippen MR) is 104 cm³/mol. The molecule has 2 rings (SSSR count). The second-order valence-electron chi connectivity index (χ2n) is 4.77. The van der Waals surface area contributed by atoms with Crippen molar-refractivity contribution in [1.82, 2.24) is 0 Å². The number of benzene rings is 2. The number of thioether (sulfide) groups is 2. The molecular formula is C18H18O2S3. The summed E-state index contributed by atoms with van der Waals surface area (Å²) in [4.78, 5) is 11.7. The van der Waals surface area contributed by atoms with E-state index >= 15 is 0 Å². The van der Waals surface area contributed by atoms with E-state index in [0.29, 0.717) is 18.8 Å². The van der Waals surface area contributed by atoms with Gasteiger partial charge in [-0.2, -0.15) is 0 Å². The third-order valence-corrected chi connectivity index (χ3v) is 5.74. The van der Waals surface area contributed by atoms with Crippen molar-refractivity contribution in [3.63, 3.8) is 0 Å². The second-order valence-corrected chi connectivity index (χ2v) is 8.04. The van der Waals surface area contributed by atoms with E-state index in [2.05, 4.69) is 12.1 Å². The number of hydrogen-bond donors (Lipinski definition) is 0. The lowest BCUT2D eigenvalue weighted by Gasteiger charge is -2.05. The Balaban J connectivity index is 1.57. The maximum Gasteiger partial charge on any atom is 0.306 e. The van der Waals surface area contributed by atoms with Crippen LogP contribution in [-0.4, -0.2) is 15.3 Å². The Labute approximate surface area is 151 Å². The molecule has 0 spiro atoms. The highest BCUT2D eigenvalue weighted by Gasteiger charge is 2.06. The molecule has 0 aromatic heterocycles. The van der Waals surface area contributed by atoms with Crippen molar-refractivity contribution in [1.29, 1.82) is 0 Å². The molecule has 0 fully saturated rings. The van der Waals surface area contributed by atoms with Gasteiger partial charge in [0.2, 0.25) is 0 Å². The van der Waals surface area contributed by atoms with Gasteiger partial charge in [-0.05, 0) is 11.1 Å². The van der Waals surface area contributed by atoms with E-state index in [0.717, 1.165) is 14.8 Å². The van der Waals surface area contributed by atoms with Crippen LogP contribution >= 0.6 is 35.7 Å². The molecule has 2 nitrogen and oxygen atoms in total. The van der Waals surface area contributed by atoms with Crippen LogP contribution in [0.3, 0.4) is 0 Å². The van der Waals surface area contributed by atoms with Crippen molar-refractivity contribution < 1.29 is 9.53 Å². The molecule has 0 radical (unpaired) electrons. The van der Waals surface area contributed by atoms with Gasteiger partial charge in [0.15, 0.2) is 0 Å². The van der Waals surface area contributed by atoms with Crippen molar-refractivity contribution in [2.75, 3.05) is 5.75 Å². The number of ether oxygens (including phenoxy) is 1. The van der Waals surface area contributed by atoms with Gasteiger partial charge in [-0.25, -0.2) is 0 Å². The molecule has 2 aromatic rings.